The monoisotopic (exact) mass is 299 g/mol. The summed E-state index contributed by atoms with van der Waals surface area (Å²) >= 11 is 0. The fraction of sp³-hybridized carbons (Fsp3) is 0. The standard InChI is InChI=1S/C11H6FNO6S/c12-6-3-1-2-4-8(6)19-11(16)7-5-9(10(14)15)20(17,18)13-7/h1-5H,(H,14,15). The Kier molecular flexibility index (Phi) is 3.36. The number of carbonyl (C=O) groups is 2. The van der Waals surface area contributed by atoms with Crippen LogP contribution in [0.3, 0.4) is 0 Å². The Labute approximate surface area is 112 Å². The van der Waals surface area contributed by atoms with E-state index >= 15 is 0 Å². The molecule has 1 aromatic carbocycles. The molecule has 0 aromatic heterocycles. The van der Waals surface area contributed by atoms with Gasteiger partial charge in [0.1, 0.15) is 0 Å². The molecule has 7 nitrogen and oxygen atoms in total. The summed E-state index contributed by atoms with van der Waals surface area (Å²) in [6.45, 7) is 0. The highest BCUT2D eigenvalue weighted by Crippen LogP contribution is 2.20. The second-order valence-corrected chi connectivity index (χ2v) is 5.16. The van der Waals surface area contributed by atoms with Gasteiger partial charge in [0.15, 0.2) is 22.2 Å². The number of rotatable bonds is 3. The van der Waals surface area contributed by atoms with E-state index in [0.29, 0.717) is 6.08 Å². The zero-order chi connectivity index (χ0) is 14.9. The van der Waals surface area contributed by atoms with Gasteiger partial charge in [-0.05, 0) is 12.1 Å². The van der Waals surface area contributed by atoms with Crippen LogP contribution in [-0.4, -0.2) is 31.2 Å². The van der Waals surface area contributed by atoms with Crippen LogP contribution in [0.5, 0.6) is 5.75 Å². The fourth-order valence-electron chi connectivity index (χ4n) is 1.35. The van der Waals surface area contributed by atoms with Crippen molar-refractivity contribution in [1.82, 2.24) is 0 Å². The fourth-order valence-corrected chi connectivity index (χ4v) is 2.32. The molecule has 0 radical (unpaired) electrons. The maximum Gasteiger partial charge on any atom is 0.363 e. The normalized spacial score (nSPS) is 16.2. The van der Waals surface area contributed by atoms with Gasteiger partial charge in [0, 0.05) is 6.08 Å². The lowest BCUT2D eigenvalue weighted by Gasteiger charge is -2.02. The van der Waals surface area contributed by atoms with E-state index in [1.54, 1.807) is 0 Å². The van der Waals surface area contributed by atoms with Gasteiger partial charge in [-0.15, -0.1) is 0 Å². The van der Waals surface area contributed by atoms with E-state index in [9.17, 15) is 22.4 Å². The first kappa shape index (κ1) is 13.9. The molecule has 0 saturated heterocycles. The van der Waals surface area contributed by atoms with Crippen molar-refractivity contribution in [2.75, 3.05) is 0 Å². The Balaban J connectivity index is 2.29. The van der Waals surface area contributed by atoms with Gasteiger partial charge in [-0.3, -0.25) is 0 Å². The predicted octanol–water partition coefficient (Wildman–Crippen LogP) is 0.484. The number of benzene rings is 1. The number of hydrogen-bond donors (Lipinski definition) is 1. The SMILES string of the molecule is O=C(O)C1=CC(C(=O)Oc2ccccc2F)=NS1(=O)=O. The number of sulfonamides is 1. The number of esters is 1. The number of nitrogens with zero attached hydrogens (tertiary/aromatic N) is 1. The van der Waals surface area contributed by atoms with E-state index in [1.165, 1.54) is 12.1 Å². The van der Waals surface area contributed by atoms with E-state index in [-0.39, 0.29) is 0 Å². The lowest BCUT2D eigenvalue weighted by molar-refractivity contribution is -0.131. The number of carboxylic acids is 1. The summed E-state index contributed by atoms with van der Waals surface area (Å²) in [6.07, 6.45) is 0.556. The molecular weight excluding hydrogens is 293 g/mol. The molecule has 0 atom stereocenters. The van der Waals surface area contributed by atoms with Gasteiger partial charge >= 0.3 is 11.9 Å². The molecule has 1 aliphatic heterocycles. The van der Waals surface area contributed by atoms with Gasteiger partial charge in [0.2, 0.25) is 0 Å². The van der Waals surface area contributed by atoms with E-state index in [1.807, 2.05) is 0 Å². The van der Waals surface area contributed by atoms with E-state index in [2.05, 4.69) is 9.13 Å². The maximum absolute atomic E-state index is 13.2. The third-order valence-corrected chi connectivity index (χ3v) is 3.51. The van der Waals surface area contributed by atoms with Gasteiger partial charge in [-0.2, -0.15) is 12.8 Å². The minimum absolute atomic E-state index is 0.422. The smallest absolute Gasteiger partial charge is 0.363 e. The number of halogens is 1. The van der Waals surface area contributed by atoms with Crippen LogP contribution in [0.1, 0.15) is 0 Å². The van der Waals surface area contributed by atoms with Gasteiger partial charge in [0.25, 0.3) is 10.0 Å². The minimum Gasteiger partial charge on any atom is -0.477 e. The first-order valence-corrected chi connectivity index (χ1v) is 6.52. The molecule has 0 bridgehead atoms. The molecule has 1 aromatic rings. The summed E-state index contributed by atoms with van der Waals surface area (Å²) in [5.41, 5.74) is -0.731. The molecule has 0 aliphatic carbocycles. The quantitative estimate of drug-likeness (QED) is 0.642. The van der Waals surface area contributed by atoms with Crippen molar-refractivity contribution >= 4 is 27.7 Å². The third-order valence-electron chi connectivity index (χ3n) is 2.22. The number of para-hydroxylation sites is 1. The minimum atomic E-state index is -4.43. The molecular formula is C11H6FNO6S. The highest BCUT2D eigenvalue weighted by molar-refractivity contribution is 7.95. The predicted molar refractivity (Wildman–Crippen MR) is 64.1 cm³/mol. The first-order valence-electron chi connectivity index (χ1n) is 5.08. The molecule has 104 valence electrons. The molecule has 9 heteroatoms. The van der Waals surface area contributed by atoms with Gasteiger partial charge < -0.3 is 9.84 Å². The van der Waals surface area contributed by atoms with Crippen molar-refractivity contribution in [1.29, 1.82) is 0 Å². The third kappa shape index (κ3) is 2.57. The summed E-state index contributed by atoms with van der Waals surface area (Å²) < 4.78 is 43.5. The van der Waals surface area contributed by atoms with Crippen LogP contribution < -0.4 is 4.74 Å². The number of hydrogen-bond acceptors (Lipinski definition) is 5. The number of carboxylic acid groups (broad SMARTS) is 1. The topological polar surface area (TPSA) is 110 Å². The summed E-state index contributed by atoms with van der Waals surface area (Å²) in [6, 6.07) is 4.96. The van der Waals surface area contributed by atoms with Crippen LogP contribution in [0.25, 0.3) is 0 Å². The molecule has 0 saturated carbocycles. The average molecular weight is 299 g/mol. The maximum atomic E-state index is 13.2. The summed E-state index contributed by atoms with van der Waals surface area (Å²) in [7, 11) is -4.43. The Morgan fingerprint density at radius 3 is 2.45 bits per heavy atom. The summed E-state index contributed by atoms with van der Waals surface area (Å²) in [4.78, 5) is 21.2. The Hall–Kier alpha value is -2.55. The second-order valence-electron chi connectivity index (χ2n) is 3.59. The van der Waals surface area contributed by atoms with Gasteiger partial charge in [-0.1, -0.05) is 12.1 Å². The van der Waals surface area contributed by atoms with Crippen molar-refractivity contribution in [3.8, 4) is 5.75 Å². The zero-order valence-corrected chi connectivity index (χ0v) is 10.4. The van der Waals surface area contributed by atoms with Gasteiger partial charge in [0.05, 0.1) is 0 Å². The van der Waals surface area contributed by atoms with Crippen LogP contribution >= 0.6 is 0 Å². The number of aliphatic carboxylic acids is 1. The first-order chi connectivity index (χ1) is 9.31. The van der Waals surface area contributed by atoms with Gasteiger partial charge in [-0.25, -0.2) is 14.0 Å². The van der Waals surface area contributed by atoms with Crippen LogP contribution in [-0.2, 0) is 19.6 Å². The second kappa shape index (κ2) is 4.85. The number of ether oxygens (including phenoxy) is 1. The molecule has 20 heavy (non-hydrogen) atoms. The van der Waals surface area contributed by atoms with Crippen LogP contribution in [0.15, 0.2) is 39.6 Å². The van der Waals surface area contributed by atoms with Crippen molar-refractivity contribution < 1.29 is 32.2 Å². The Morgan fingerprint density at radius 2 is 1.90 bits per heavy atom. The summed E-state index contributed by atoms with van der Waals surface area (Å²) in [5, 5.41) is 8.65. The van der Waals surface area contributed by atoms with E-state index < -0.39 is 44.1 Å². The lowest BCUT2D eigenvalue weighted by Crippen LogP contribution is -2.18. The molecule has 0 amide bonds. The molecule has 1 heterocycles. The van der Waals surface area contributed by atoms with Crippen LogP contribution in [0.4, 0.5) is 4.39 Å². The van der Waals surface area contributed by atoms with Crippen molar-refractivity contribution in [2.24, 2.45) is 4.40 Å². The van der Waals surface area contributed by atoms with Crippen molar-refractivity contribution in [3.05, 3.63) is 41.1 Å². The van der Waals surface area contributed by atoms with Crippen molar-refractivity contribution in [2.45, 2.75) is 0 Å². The lowest BCUT2D eigenvalue weighted by atomic mass is 10.3. The molecule has 1 N–H and O–H groups in total. The molecule has 0 spiro atoms. The Morgan fingerprint density at radius 1 is 1.25 bits per heavy atom. The zero-order valence-electron chi connectivity index (χ0n) is 9.61. The Bertz CT molecular complexity index is 765. The summed E-state index contributed by atoms with van der Waals surface area (Å²) in [5.74, 6) is -4.27. The molecule has 2 rings (SSSR count). The van der Waals surface area contributed by atoms with Crippen LogP contribution in [0, 0.1) is 5.82 Å². The largest absolute Gasteiger partial charge is 0.477 e. The highest BCUT2D eigenvalue weighted by atomic mass is 32.2. The number of carbonyl (C=O) groups excluding carboxylic acids is 1. The molecule has 0 unspecified atom stereocenters. The van der Waals surface area contributed by atoms with Crippen LogP contribution in [0.2, 0.25) is 0 Å². The van der Waals surface area contributed by atoms with E-state index in [0.717, 1.165) is 12.1 Å². The van der Waals surface area contributed by atoms with E-state index in [4.69, 9.17) is 5.11 Å². The van der Waals surface area contributed by atoms with Crippen molar-refractivity contribution in [3.63, 3.8) is 0 Å². The average Bonchev–Trinajstić information content (AvgIpc) is 2.68. The highest BCUT2D eigenvalue weighted by Gasteiger charge is 2.33. The molecule has 1 aliphatic rings. The molecule has 0 fully saturated rings.